The van der Waals surface area contributed by atoms with E-state index in [2.05, 4.69) is 12.1 Å². The van der Waals surface area contributed by atoms with Crippen molar-refractivity contribution in [3.05, 3.63) is 29.8 Å². The van der Waals surface area contributed by atoms with Crippen LogP contribution in [0, 0.1) is 0 Å². The number of hydrogen-bond donors (Lipinski definition) is 1. The van der Waals surface area contributed by atoms with Gasteiger partial charge in [0.1, 0.15) is 5.75 Å². The Kier molecular flexibility index (Phi) is 3.64. The Morgan fingerprint density at radius 3 is 2.76 bits per heavy atom. The van der Waals surface area contributed by atoms with Gasteiger partial charge in [0.15, 0.2) is 0 Å². The fraction of sp³-hybridized carbons (Fsp3) is 0.462. The topological polar surface area (TPSA) is 49.8 Å². The Labute approximate surface area is 101 Å². The van der Waals surface area contributed by atoms with Crippen LogP contribution in [-0.4, -0.2) is 42.7 Å². The summed E-state index contributed by atoms with van der Waals surface area (Å²) >= 11 is 0. The maximum atomic E-state index is 10.6. The highest BCUT2D eigenvalue weighted by molar-refractivity contribution is 5.69. The van der Waals surface area contributed by atoms with Crippen LogP contribution in [0.15, 0.2) is 24.3 Å². The van der Waals surface area contributed by atoms with Gasteiger partial charge >= 0.3 is 5.97 Å². The van der Waals surface area contributed by atoms with Crippen LogP contribution >= 0.6 is 0 Å². The van der Waals surface area contributed by atoms with Gasteiger partial charge in [0.25, 0.3) is 0 Å². The molecule has 1 aliphatic rings. The zero-order valence-corrected chi connectivity index (χ0v) is 9.93. The fourth-order valence-electron chi connectivity index (χ4n) is 2.32. The molecule has 1 aliphatic heterocycles. The number of carboxylic acid groups (broad SMARTS) is 1. The van der Waals surface area contributed by atoms with Crippen LogP contribution < -0.4 is 4.74 Å². The molecule has 0 bridgehead atoms. The molecule has 4 nitrogen and oxygen atoms in total. The molecule has 0 aliphatic carbocycles. The van der Waals surface area contributed by atoms with Gasteiger partial charge in [-0.1, -0.05) is 12.1 Å². The summed E-state index contributed by atoms with van der Waals surface area (Å²) in [5.74, 6) is 0.551. The Bertz CT molecular complexity index is 388. The molecule has 1 fully saturated rings. The Morgan fingerprint density at radius 2 is 2.18 bits per heavy atom. The van der Waals surface area contributed by atoms with Gasteiger partial charge < -0.3 is 9.84 Å². The van der Waals surface area contributed by atoms with Crippen molar-refractivity contribution in [1.29, 1.82) is 0 Å². The van der Waals surface area contributed by atoms with Crippen LogP contribution in [0.4, 0.5) is 0 Å². The standard InChI is InChI=1S/C13H17NO3/c1-17-12-4-2-10(3-5-12)11-6-7-14(8-11)9-13(15)16/h2-5,11H,6-9H2,1H3,(H,15,16)/t11-/m1/s1. The van der Waals surface area contributed by atoms with E-state index >= 15 is 0 Å². The normalized spacial score (nSPS) is 20.4. The highest BCUT2D eigenvalue weighted by Crippen LogP contribution is 2.28. The van der Waals surface area contributed by atoms with Crippen molar-refractivity contribution in [3.63, 3.8) is 0 Å². The molecule has 0 unspecified atom stereocenters. The lowest BCUT2D eigenvalue weighted by Crippen LogP contribution is -2.27. The first kappa shape index (κ1) is 11.9. The minimum Gasteiger partial charge on any atom is -0.497 e. The molecule has 17 heavy (non-hydrogen) atoms. The van der Waals surface area contributed by atoms with E-state index in [0.29, 0.717) is 5.92 Å². The average Bonchev–Trinajstić information content (AvgIpc) is 2.77. The van der Waals surface area contributed by atoms with Crippen molar-refractivity contribution in [1.82, 2.24) is 4.90 Å². The summed E-state index contributed by atoms with van der Waals surface area (Å²) in [6.07, 6.45) is 1.03. The smallest absolute Gasteiger partial charge is 0.317 e. The minimum absolute atomic E-state index is 0.145. The van der Waals surface area contributed by atoms with Crippen molar-refractivity contribution < 1.29 is 14.6 Å². The predicted molar refractivity (Wildman–Crippen MR) is 64.4 cm³/mol. The molecule has 1 aromatic carbocycles. The molecule has 1 N–H and O–H groups in total. The summed E-state index contributed by atoms with van der Waals surface area (Å²) in [5, 5.41) is 8.74. The van der Waals surface area contributed by atoms with Gasteiger partial charge in [-0.05, 0) is 36.6 Å². The minimum atomic E-state index is -0.750. The number of benzene rings is 1. The summed E-state index contributed by atoms with van der Waals surface area (Å²) in [6.45, 7) is 1.84. The summed E-state index contributed by atoms with van der Waals surface area (Å²) < 4.78 is 5.12. The number of methoxy groups -OCH3 is 1. The van der Waals surface area contributed by atoms with E-state index < -0.39 is 5.97 Å². The Balaban J connectivity index is 1.97. The first-order valence-electron chi connectivity index (χ1n) is 5.77. The van der Waals surface area contributed by atoms with Gasteiger partial charge in [-0.2, -0.15) is 0 Å². The van der Waals surface area contributed by atoms with E-state index in [1.807, 2.05) is 17.0 Å². The lowest BCUT2D eigenvalue weighted by molar-refractivity contribution is -0.138. The molecule has 1 aromatic rings. The van der Waals surface area contributed by atoms with E-state index in [9.17, 15) is 4.79 Å². The second-order valence-corrected chi connectivity index (χ2v) is 4.39. The quantitative estimate of drug-likeness (QED) is 0.860. The molecular weight excluding hydrogens is 218 g/mol. The summed E-state index contributed by atoms with van der Waals surface area (Å²) in [4.78, 5) is 12.6. The van der Waals surface area contributed by atoms with Crippen LogP contribution in [0.2, 0.25) is 0 Å². The fourth-order valence-corrected chi connectivity index (χ4v) is 2.32. The van der Waals surface area contributed by atoms with Crippen LogP contribution in [-0.2, 0) is 4.79 Å². The average molecular weight is 235 g/mol. The molecule has 0 aromatic heterocycles. The first-order valence-corrected chi connectivity index (χ1v) is 5.77. The highest BCUT2D eigenvalue weighted by atomic mass is 16.5. The zero-order chi connectivity index (χ0) is 12.3. The number of rotatable bonds is 4. The second kappa shape index (κ2) is 5.19. The molecule has 1 heterocycles. The van der Waals surface area contributed by atoms with Gasteiger partial charge in [-0.3, -0.25) is 9.69 Å². The van der Waals surface area contributed by atoms with Crippen LogP contribution in [0.3, 0.4) is 0 Å². The first-order chi connectivity index (χ1) is 8.19. The Morgan fingerprint density at radius 1 is 1.47 bits per heavy atom. The number of nitrogens with zero attached hydrogens (tertiary/aromatic N) is 1. The molecule has 2 rings (SSSR count). The largest absolute Gasteiger partial charge is 0.497 e. The number of carbonyl (C=O) groups is 1. The number of likely N-dealkylation sites (tertiary alicyclic amines) is 1. The molecule has 4 heteroatoms. The third-order valence-corrected chi connectivity index (χ3v) is 3.22. The van der Waals surface area contributed by atoms with Crippen LogP contribution in [0.25, 0.3) is 0 Å². The van der Waals surface area contributed by atoms with Crippen LogP contribution in [0.5, 0.6) is 5.75 Å². The van der Waals surface area contributed by atoms with Crippen molar-refractivity contribution in [2.75, 3.05) is 26.7 Å². The number of ether oxygens (including phenoxy) is 1. The summed E-state index contributed by atoms with van der Waals surface area (Å²) in [5.41, 5.74) is 1.26. The number of hydrogen-bond acceptors (Lipinski definition) is 3. The Hall–Kier alpha value is -1.55. The van der Waals surface area contributed by atoms with E-state index in [1.54, 1.807) is 7.11 Å². The lowest BCUT2D eigenvalue weighted by atomic mass is 9.98. The summed E-state index contributed by atoms with van der Waals surface area (Å²) in [7, 11) is 1.65. The monoisotopic (exact) mass is 235 g/mol. The molecule has 1 atom stereocenters. The van der Waals surface area contributed by atoms with E-state index in [-0.39, 0.29) is 6.54 Å². The number of carboxylic acids is 1. The number of aliphatic carboxylic acids is 1. The molecule has 92 valence electrons. The molecule has 0 spiro atoms. The van der Waals surface area contributed by atoms with Gasteiger partial charge in [0.05, 0.1) is 13.7 Å². The maximum absolute atomic E-state index is 10.6. The molecule has 0 amide bonds. The third kappa shape index (κ3) is 2.97. The van der Waals surface area contributed by atoms with E-state index in [1.165, 1.54) is 5.56 Å². The SMILES string of the molecule is COc1ccc([C@@H]2CCN(CC(=O)O)C2)cc1. The molecule has 0 saturated carbocycles. The van der Waals surface area contributed by atoms with Crippen LogP contribution in [0.1, 0.15) is 17.9 Å². The van der Waals surface area contributed by atoms with E-state index in [4.69, 9.17) is 9.84 Å². The van der Waals surface area contributed by atoms with Gasteiger partial charge in [0, 0.05) is 6.54 Å². The van der Waals surface area contributed by atoms with Crippen molar-refractivity contribution in [3.8, 4) is 5.75 Å². The van der Waals surface area contributed by atoms with Crippen molar-refractivity contribution in [2.45, 2.75) is 12.3 Å². The predicted octanol–water partition coefficient (Wildman–Crippen LogP) is 1.57. The van der Waals surface area contributed by atoms with E-state index in [0.717, 1.165) is 25.3 Å². The maximum Gasteiger partial charge on any atom is 0.317 e. The van der Waals surface area contributed by atoms with Gasteiger partial charge in [-0.15, -0.1) is 0 Å². The summed E-state index contributed by atoms with van der Waals surface area (Å²) in [6, 6.07) is 8.03. The van der Waals surface area contributed by atoms with Gasteiger partial charge in [-0.25, -0.2) is 0 Å². The van der Waals surface area contributed by atoms with Crippen molar-refractivity contribution >= 4 is 5.97 Å². The van der Waals surface area contributed by atoms with Crippen molar-refractivity contribution in [2.24, 2.45) is 0 Å². The lowest BCUT2D eigenvalue weighted by Gasteiger charge is -2.13. The third-order valence-electron chi connectivity index (χ3n) is 3.22. The van der Waals surface area contributed by atoms with Gasteiger partial charge in [0.2, 0.25) is 0 Å². The molecular formula is C13H17NO3. The molecule has 0 radical (unpaired) electrons. The highest BCUT2D eigenvalue weighted by Gasteiger charge is 2.24. The molecule has 1 saturated heterocycles. The second-order valence-electron chi connectivity index (χ2n) is 4.39. The zero-order valence-electron chi connectivity index (χ0n) is 9.93.